The molecule has 2 aromatic heterocycles. The number of hydrogen-bond acceptors (Lipinski definition) is 6. The summed E-state index contributed by atoms with van der Waals surface area (Å²) in [7, 11) is 1.65. The van der Waals surface area contributed by atoms with E-state index >= 15 is 0 Å². The molecule has 4 rings (SSSR count). The summed E-state index contributed by atoms with van der Waals surface area (Å²) in [6, 6.07) is 15.5. The Morgan fingerprint density at radius 1 is 1.12 bits per heavy atom. The van der Waals surface area contributed by atoms with E-state index in [4.69, 9.17) is 9.15 Å². The maximum absolute atomic E-state index is 5.74. The highest BCUT2D eigenvalue weighted by molar-refractivity contribution is 7.98. The van der Waals surface area contributed by atoms with E-state index in [1.54, 1.807) is 13.4 Å². The summed E-state index contributed by atoms with van der Waals surface area (Å²) in [5.41, 5.74) is 2.55. The van der Waals surface area contributed by atoms with Gasteiger partial charge >= 0.3 is 0 Å². The van der Waals surface area contributed by atoms with Crippen LogP contribution in [0.15, 0.2) is 64.4 Å². The fourth-order valence-corrected chi connectivity index (χ4v) is 3.19. The van der Waals surface area contributed by atoms with E-state index < -0.39 is 0 Å². The molecule has 6 nitrogen and oxygen atoms in total. The maximum atomic E-state index is 5.74. The molecule has 0 aliphatic rings. The average Bonchev–Trinajstić information content (AvgIpc) is 3.26. The Hall–Kier alpha value is -2.80. The van der Waals surface area contributed by atoms with Crippen LogP contribution in [0.5, 0.6) is 5.75 Å². The van der Waals surface area contributed by atoms with Crippen LogP contribution in [-0.2, 0) is 5.75 Å². The number of methoxy groups -OCH3 is 1. The van der Waals surface area contributed by atoms with Crippen molar-refractivity contribution in [3.63, 3.8) is 0 Å². The van der Waals surface area contributed by atoms with E-state index in [9.17, 15) is 0 Å². The van der Waals surface area contributed by atoms with Gasteiger partial charge in [-0.15, -0.1) is 10.2 Å². The minimum atomic E-state index is 0.572. The molecule has 24 heavy (non-hydrogen) atoms. The summed E-state index contributed by atoms with van der Waals surface area (Å²) >= 11 is 1.51. The summed E-state index contributed by atoms with van der Waals surface area (Å²) in [5.74, 6) is 2.00. The first kappa shape index (κ1) is 14.8. The van der Waals surface area contributed by atoms with Gasteiger partial charge in [0.2, 0.25) is 5.89 Å². The standard InChI is InChI=1S/C17H14N4O2S/c1-22-15-9-5-3-7-13(15)21-11-18-20-17(21)24-10-16-19-12-6-2-4-8-14(12)23-16/h2-9,11H,10H2,1H3. The lowest BCUT2D eigenvalue weighted by Crippen LogP contribution is -1.98. The number of nitrogens with zero attached hydrogens (tertiary/aromatic N) is 4. The molecule has 0 amide bonds. The Bertz CT molecular complexity index is 946. The molecular formula is C17H14N4O2S. The van der Waals surface area contributed by atoms with Crippen molar-refractivity contribution >= 4 is 22.9 Å². The van der Waals surface area contributed by atoms with Gasteiger partial charge < -0.3 is 9.15 Å². The van der Waals surface area contributed by atoms with Gasteiger partial charge in [0.15, 0.2) is 10.7 Å². The maximum Gasteiger partial charge on any atom is 0.205 e. The van der Waals surface area contributed by atoms with Gasteiger partial charge in [-0.3, -0.25) is 4.57 Å². The Kier molecular flexibility index (Phi) is 3.92. The second-order valence-electron chi connectivity index (χ2n) is 5.02. The Morgan fingerprint density at radius 2 is 1.96 bits per heavy atom. The molecule has 4 aromatic rings. The number of thioether (sulfide) groups is 1. The summed E-state index contributed by atoms with van der Waals surface area (Å²) in [5, 5.41) is 8.95. The zero-order chi connectivity index (χ0) is 16.4. The number of oxazole rings is 1. The summed E-state index contributed by atoms with van der Waals surface area (Å²) in [4.78, 5) is 4.48. The van der Waals surface area contributed by atoms with Crippen LogP contribution in [0, 0.1) is 0 Å². The lowest BCUT2D eigenvalue weighted by atomic mass is 10.3. The molecule has 0 atom stereocenters. The SMILES string of the molecule is COc1ccccc1-n1cnnc1SCc1nc2ccccc2o1. The molecule has 0 N–H and O–H groups in total. The number of fused-ring (bicyclic) bond motifs is 1. The van der Waals surface area contributed by atoms with Crippen molar-refractivity contribution in [2.24, 2.45) is 0 Å². The minimum Gasteiger partial charge on any atom is -0.495 e. The Balaban J connectivity index is 1.59. The molecule has 7 heteroatoms. The molecule has 0 aliphatic heterocycles. The van der Waals surface area contributed by atoms with Crippen molar-refractivity contribution in [1.82, 2.24) is 19.7 Å². The van der Waals surface area contributed by atoms with Crippen LogP contribution in [0.2, 0.25) is 0 Å². The molecule has 2 heterocycles. The van der Waals surface area contributed by atoms with Crippen molar-refractivity contribution in [2.45, 2.75) is 10.9 Å². The number of ether oxygens (including phenoxy) is 1. The lowest BCUT2D eigenvalue weighted by molar-refractivity contribution is 0.412. The van der Waals surface area contributed by atoms with E-state index in [1.807, 2.05) is 53.1 Å². The first-order valence-corrected chi connectivity index (χ1v) is 8.34. The van der Waals surface area contributed by atoms with Crippen LogP contribution < -0.4 is 4.74 Å². The van der Waals surface area contributed by atoms with Crippen molar-refractivity contribution in [1.29, 1.82) is 0 Å². The zero-order valence-corrected chi connectivity index (χ0v) is 13.7. The van der Waals surface area contributed by atoms with Gasteiger partial charge in [-0.05, 0) is 24.3 Å². The van der Waals surface area contributed by atoms with Gasteiger partial charge in [0.25, 0.3) is 0 Å². The fraction of sp³-hybridized carbons (Fsp3) is 0.118. The van der Waals surface area contributed by atoms with Crippen molar-refractivity contribution < 1.29 is 9.15 Å². The van der Waals surface area contributed by atoms with Gasteiger partial charge in [-0.1, -0.05) is 36.0 Å². The minimum absolute atomic E-state index is 0.572. The van der Waals surface area contributed by atoms with Crippen LogP contribution >= 0.6 is 11.8 Å². The summed E-state index contributed by atoms with van der Waals surface area (Å²) < 4.78 is 13.0. The van der Waals surface area contributed by atoms with Crippen molar-refractivity contribution in [2.75, 3.05) is 7.11 Å². The molecule has 0 fully saturated rings. The smallest absolute Gasteiger partial charge is 0.205 e. The van der Waals surface area contributed by atoms with E-state index in [0.717, 1.165) is 27.7 Å². The predicted octanol–water partition coefficient (Wildman–Crippen LogP) is 3.71. The molecule has 0 saturated carbocycles. The molecule has 2 aromatic carbocycles. The van der Waals surface area contributed by atoms with Gasteiger partial charge in [0, 0.05) is 0 Å². The molecule has 0 aliphatic carbocycles. The number of hydrogen-bond donors (Lipinski definition) is 0. The topological polar surface area (TPSA) is 66.0 Å². The third-order valence-electron chi connectivity index (χ3n) is 3.52. The highest BCUT2D eigenvalue weighted by Crippen LogP contribution is 2.28. The quantitative estimate of drug-likeness (QED) is 0.517. The summed E-state index contributed by atoms with van der Waals surface area (Å²) in [6.45, 7) is 0. The van der Waals surface area contributed by atoms with Gasteiger partial charge in [0.05, 0.1) is 18.6 Å². The predicted molar refractivity (Wildman–Crippen MR) is 91.5 cm³/mol. The molecule has 0 spiro atoms. The lowest BCUT2D eigenvalue weighted by Gasteiger charge is -2.10. The largest absolute Gasteiger partial charge is 0.495 e. The first-order chi connectivity index (χ1) is 11.8. The monoisotopic (exact) mass is 338 g/mol. The molecular weight excluding hydrogens is 324 g/mol. The summed E-state index contributed by atoms with van der Waals surface area (Å²) in [6.07, 6.45) is 1.67. The van der Waals surface area contributed by atoms with Gasteiger partial charge in [-0.25, -0.2) is 4.98 Å². The van der Waals surface area contributed by atoms with E-state index in [1.165, 1.54) is 11.8 Å². The molecule has 120 valence electrons. The molecule has 0 saturated heterocycles. The van der Waals surface area contributed by atoms with Crippen LogP contribution in [0.1, 0.15) is 5.89 Å². The van der Waals surface area contributed by atoms with E-state index in [0.29, 0.717) is 11.6 Å². The number of aromatic nitrogens is 4. The first-order valence-electron chi connectivity index (χ1n) is 7.36. The third-order valence-corrected chi connectivity index (χ3v) is 4.45. The van der Waals surface area contributed by atoms with Gasteiger partial charge in [0.1, 0.15) is 17.6 Å². The number of para-hydroxylation sites is 4. The van der Waals surface area contributed by atoms with Crippen LogP contribution in [-0.4, -0.2) is 26.9 Å². The van der Waals surface area contributed by atoms with Crippen molar-refractivity contribution in [3.05, 3.63) is 60.7 Å². The van der Waals surface area contributed by atoms with Crippen LogP contribution in [0.4, 0.5) is 0 Å². The van der Waals surface area contributed by atoms with Crippen LogP contribution in [0.25, 0.3) is 16.8 Å². The Morgan fingerprint density at radius 3 is 2.83 bits per heavy atom. The molecule has 0 bridgehead atoms. The van der Waals surface area contributed by atoms with Crippen LogP contribution in [0.3, 0.4) is 0 Å². The fourth-order valence-electron chi connectivity index (χ4n) is 2.42. The van der Waals surface area contributed by atoms with Gasteiger partial charge in [-0.2, -0.15) is 0 Å². The highest BCUT2D eigenvalue weighted by Gasteiger charge is 2.13. The second-order valence-corrected chi connectivity index (χ2v) is 5.96. The van der Waals surface area contributed by atoms with Crippen molar-refractivity contribution in [3.8, 4) is 11.4 Å². The second kappa shape index (κ2) is 6.37. The number of benzene rings is 2. The normalized spacial score (nSPS) is 11.0. The van der Waals surface area contributed by atoms with E-state index in [-0.39, 0.29) is 0 Å². The molecule has 0 unspecified atom stereocenters. The Labute approximate surface area is 142 Å². The molecule has 0 radical (unpaired) electrons. The van der Waals surface area contributed by atoms with E-state index in [2.05, 4.69) is 15.2 Å². The zero-order valence-electron chi connectivity index (χ0n) is 12.9. The third kappa shape index (κ3) is 2.74. The number of rotatable bonds is 5. The highest BCUT2D eigenvalue weighted by atomic mass is 32.2. The average molecular weight is 338 g/mol.